The van der Waals surface area contributed by atoms with Crippen LogP contribution in [0.1, 0.15) is 86.1 Å². The third-order valence-electron chi connectivity index (χ3n) is 13.9. The molecule has 0 radical (unpaired) electrons. The van der Waals surface area contributed by atoms with Gasteiger partial charge in [-0.2, -0.15) is 10.5 Å². The number of rotatable bonds is 2. The molecule has 0 fully saturated rings. The summed E-state index contributed by atoms with van der Waals surface area (Å²) in [5, 5.41) is 24.0. The van der Waals surface area contributed by atoms with Crippen LogP contribution in [0.25, 0.3) is 77.2 Å². The quantitative estimate of drug-likeness (QED) is 0.178. The zero-order valence-electron chi connectivity index (χ0n) is 33.1. The molecule has 0 spiro atoms. The summed E-state index contributed by atoms with van der Waals surface area (Å²) < 4.78 is 0. The van der Waals surface area contributed by atoms with E-state index in [-0.39, 0.29) is 16.2 Å². The van der Waals surface area contributed by atoms with Crippen LogP contribution in [-0.4, -0.2) is 0 Å². The van der Waals surface area contributed by atoms with Gasteiger partial charge >= 0.3 is 0 Å². The summed E-state index contributed by atoms with van der Waals surface area (Å²) >= 11 is 0. The van der Waals surface area contributed by atoms with E-state index in [9.17, 15) is 10.5 Å². The Kier molecular flexibility index (Phi) is 6.59. The van der Waals surface area contributed by atoms with E-state index in [0.29, 0.717) is 11.1 Å². The second kappa shape index (κ2) is 11.2. The van der Waals surface area contributed by atoms with Crippen molar-refractivity contribution < 1.29 is 0 Å². The van der Waals surface area contributed by atoms with Crippen LogP contribution in [-0.2, 0) is 16.2 Å². The number of hydrogen-bond donors (Lipinski definition) is 0. The summed E-state index contributed by atoms with van der Waals surface area (Å²) in [6, 6.07) is 53.3. The fraction of sp³-hybridized carbons (Fsp3) is 0.164. The van der Waals surface area contributed by atoms with Gasteiger partial charge in [-0.25, -0.2) is 0 Å². The Morgan fingerprint density at radius 2 is 0.667 bits per heavy atom. The van der Waals surface area contributed by atoms with Gasteiger partial charge in [0.05, 0.1) is 23.3 Å². The molecule has 2 heteroatoms. The standard InChI is InChI=1S/C55H40N2/c1-53(2)45-27-47-43(51-37-13-9-7-11-35(37)39(25-49(51)54(47,3)4)33-19-15-31(29-56)16-20-33)23-41(45)42-24-44-48(28-46(42)53)55(5,6)50-26-40(34-21-17-32(30-57)18-22-34)36-12-8-10-14-38(36)52(44)50/h7-28H,1-6H3. The summed E-state index contributed by atoms with van der Waals surface area (Å²) in [5.41, 5.74) is 21.7. The molecule has 0 aromatic heterocycles. The first-order valence-corrected chi connectivity index (χ1v) is 20.0. The maximum absolute atomic E-state index is 9.49. The van der Waals surface area contributed by atoms with Crippen molar-refractivity contribution >= 4 is 21.5 Å². The first-order valence-electron chi connectivity index (χ1n) is 20.0. The highest BCUT2D eigenvalue weighted by Gasteiger charge is 2.45. The van der Waals surface area contributed by atoms with Gasteiger partial charge in [0.25, 0.3) is 0 Å². The zero-order valence-corrected chi connectivity index (χ0v) is 33.1. The summed E-state index contributed by atoms with van der Waals surface area (Å²) in [6.07, 6.45) is 0. The van der Waals surface area contributed by atoms with Gasteiger partial charge in [-0.05, 0) is 159 Å². The molecule has 0 saturated carbocycles. The lowest BCUT2D eigenvalue weighted by molar-refractivity contribution is 0.631. The summed E-state index contributed by atoms with van der Waals surface area (Å²) in [5.74, 6) is 0. The molecular formula is C55H40N2. The summed E-state index contributed by atoms with van der Waals surface area (Å²) in [4.78, 5) is 0. The number of nitriles is 2. The number of benzene rings is 8. The van der Waals surface area contributed by atoms with Gasteiger partial charge in [-0.3, -0.25) is 0 Å². The third kappa shape index (κ3) is 4.34. The molecule has 3 aliphatic rings. The van der Waals surface area contributed by atoms with Crippen LogP contribution in [0, 0.1) is 22.7 Å². The predicted molar refractivity (Wildman–Crippen MR) is 234 cm³/mol. The molecular weight excluding hydrogens is 689 g/mol. The Balaban J connectivity index is 1.14. The van der Waals surface area contributed by atoms with Gasteiger partial charge in [-0.15, -0.1) is 0 Å². The summed E-state index contributed by atoms with van der Waals surface area (Å²) in [7, 11) is 0. The lowest BCUT2D eigenvalue weighted by Crippen LogP contribution is -2.20. The van der Waals surface area contributed by atoms with Crippen molar-refractivity contribution in [3.63, 3.8) is 0 Å². The van der Waals surface area contributed by atoms with Crippen LogP contribution in [0.3, 0.4) is 0 Å². The first kappa shape index (κ1) is 33.6. The van der Waals surface area contributed by atoms with Gasteiger partial charge in [0.15, 0.2) is 0 Å². The smallest absolute Gasteiger partial charge is 0.0991 e. The SMILES string of the molecule is CC1(C)c2cc3c(cc2-c2cc4c(cc21)C(C)(C)c1cc(-c2ccc(C#N)cc2)c2ccccc2c1-4)-c1c(cc(-c2ccc(C#N)cc2)c2ccccc12)C3(C)C. The van der Waals surface area contributed by atoms with E-state index in [1.165, 1.54) is 99.4 Å². The second-order valence-electron chi connectivity index (χ2n) is 17.9. The van der Waals surface area contributed by atoms with Crippen LogP contribution in [0.5, 0.6) is 0 Å². The van der Waals surface area contributed by atoms with Gasteiger partial charge in [0.2, 0.25) is 0 Å². The fourth-order valence-electron chi connectivity index (χ4n) is 10.8. The molecule has 0 saturated heterocycles. The molecule has 8 aromatic rings. The molecule has 0 heterocycles. The Hall–Kier alpha value is -6.74. The minimum absolute atomic E-state index is 0.185. The van der Waals surface area contributed by atoms with Crippen molar-refractivity contribution in [2.24, 2.45) is 0 Å². The zero-order chi connectivity index (χ0) is 39.2. The highest BCUT2D eigenvalue weighted by molar-refractivity contribution is 6.12. The van der Waals surface area contributed by atoms with Crippen molar-refractivity contribution in [3.05, 3.63) is 178 Å². The maximum Gasteiger partial charge on any atom is 0.0991 e. The first-order chi connectivity index (χ1) is 27.4. The molecule has 11 rings (SSSR count). The van der Waals surface area contributed by atoms with Crippen LogP contribution in [0.4, 0.5) is 0 Å². The number of hydrogen-bond acceptors (Lipinski definition) is 2. The van der Waals surface area contributed by atoms with E-state index in [2.05, 4.69) is 163 Å². The van der Waals surface area contributed by atoms with Crippen molar-refractivity contribution in [1.82, 2.24) is 0 Å². The van der Waals surface area contributed by atoms with Crippen molar-refractivity contribution in [2.45, 2.75) is 57.8 Å². The van der Waals surface area contributed by atoms with Gasteiger partial charge in [-0.1, -0.05) is 126 Å². The van der Waals surface area contributed by atoms with Gasteiger partial charge in [0.1, 0.15) is 0 Å². The normalized spacial score (nSPS) is 15.6. The van der Waals surface area contributed by atoms with Gasteiger partial charge in [0, 0.05) is 16.2 Å². The van der Waals surface area contributed by atoms with E-state index < -0.39 is 0 Å². The average molecular weight is 729 g/mol. The lowest BCUT2D eigenvalue weighted by atomic mass is 9.76. The van der Waals surface area contributed by atoms with E-state index in [4.69, 9.17) is 0 Å². The molecule has 0 atom stereocenters. The molecule has 57 heavy (non-hydrogen) atoms. The number of fused-ring (bicyclic) bond motifs is 13. The molecule has 0 N–H and O–H groups in total. The molecule has 270 valence electrons. The van der Waals surface area contributed by atoms with Crippen molar-refractivity contribution in [1.29, 1.82) is 10.5 Å². The minimum atomic E-state index is -0.204. The Morgan fingerprint density at radius 1 is 0.333 bits per heavy atom. The lowest BCUT2D eigenvalue weighted by Gasteiger charge is -2.27. The Labute approximate surface area is 334 Å². The molecule has 0 bridgehead atoms. The molecule has 3 aliphatic carbocycles. The largest absolute Gasteiger partial charge is 0.192 e. The highest BCUT2D eigenvalue weighted by Crippen LogP contribution is 2.61. The topological polar surface area (TPSA) is 47.6 Å². The monoisotopic (exact) mass is 728 g/mol. The van der Waals surface area contributed by atoms with E-state index >= 15 is 0 Å². The maximum atomic E-state index is 9.49. The molecule has 0 amide bonds. The van der Waals surface area contributed by atoms with Gasteiger partial charge < -0.3 is 0 Å². The average Bonchev–Trinajstić information content (AvgIpc) is 3.70. The van der Waals surface area contributed by atoms with E-state index in [0.717, 1.165) is 11.1 Å². The fourth-order valence-corrected chi connectivity index (χ4v) is 10.8. The molecule has 8 aromatic carbocycles. The highest BCUT2D eigenvalue weighted by atomic mass is 14.5. The molecule has 0 aliphatic heterocycles. The number of nitrogens with zero attached hydrogens (tertiary/aromatic N) is 2. The Morgan fingerprint density at radius 3 is 1.04 bits per heavy atom. The van der Waals surface area contributed by atoms with E-state index in [1.807, 2.05) is 24.3 Å². The van der Waals surface area contributed by atoms with Crippen molar-refractivity contribution in [2.75, 3.05) is 0 Å². The second-order valence-corrected chi connectivity index (χ2v) is 17.9. The van der Waals surface area contributed by atoms with Crippen LogP contribution >= 0.6 is 0 Å². The summed E-state index contributed by atoms with van der Waals surface area (Å²) in [6.45, 7) is 14.4. The van der Waals surface area contributed by atoms with E-state index in [1.54, 1.807) is 0 Å². The van der Waals surface area contributed by atoms with Crippen molar-refractivity contribution in [3.8, 4) is 67.8 Å². The van der Waals surface area contributed by atoms with Crippen LogP contribution < -0.4 is 0 Å². The Bertz CT molecular complexity index is 2980. The molecule has 2 nitrogen and oxygen atoms in total. The predicted octanol–water partition coefficient (Wildman–Crippen LogP) is 14.0. The molecule has 0 unspecified atom stereocenters. The van der Waals surface area contributed by atoms with Crippen LogP contribution in [0.2, 0.25) is 0 Å². The van der Waals surface area contributed by atoms with Crippen LogP contribution in [0.15, 0.2) is 133 Å². The minimum Gasteiger partial charge on any atom is -0.192 e. The third-order valence-corrected chi connectivity index (χ3v) is 13.9.